The molecule has 0 saturated carbocycles. The van der Waals surface area contributed by atoms with Gasteiger partial charge in [-0.25, -0.2) is 13.9 Å². The molecule has 4 rings (SSSR count). The van der Waals surface area contributed by atoms with Crippen molar-refractivity contribution in [3.8, 4) is 0 Å². The van der Waals surface area contributed by atoms with Crippen molar-refractivity contribution >= 4 is 17.5 Å². The topological polar surface area (TPSA) is 84.5 Å². The summed E-state index contributed by atoms with van der Waals surface area (Å²) in [6.07, 6.45) is 5.19. The van der Waals surface area contributed by atoms with Crippen molar-refractivity contribution in [2.45, 2.75) is 45.3 Å². The van der Waals surface area contributed by atoms with Crippen molar-refractivity contribution in [2.24, 2.45) is 0 Å². The Morgan fingerprint density at radius 2 is 2.04 bits per heavy atom. The molecule has 1 amide bonds. The average Bonchev–Trinajstić information content (AvgIpc) is 3.02. The van der Waals surface area contributed by atoms with Gasteiger partial charge in [0.05, 0.1) is 0 Å². The number of anilines is 1. The van der Waals surface area contributed by atoms with Crippen LogP contribution >= 0.6 is 0 Å². The summed E-state index contributed by atoms with van der Waals surface area (Å²) in [7, 11) is 0. The van der Waals surface area contributed by atoms with Gasteiger partial charge in [0, 0.05) is 25.3 Å². The van der Waals surface area contributed by atoms with Gasteiger partial charge in [-0.2, -0.15) is 4.98 Å². The van der Waals surface area contributed by atoms with Crippen molar-refractivity contribution in [1.82, 2.24) is 24.5 Å². The van der Waals surface area contributed by atoms with Crippen LogP contribution in [0.25, 0.3) is 5.78 Å². The second-order valence-corrected chi connectivity index (χ2v) is 7.20. The molecule has 0 aliphatic carbocycles. The fourth-order valence-electron chi connectivity index (χ4n) is 3.59. The largest absolute Gasteiger partial charge is 0.354 e. The highest BCUT2D eigenvalue weighted by Crippen LogP contribution is 2.22. The van der Waals surface area contributed by atoms with Crippen LogP contribution in [-0.2, 0) is 17.9 Å². The number of rotatable bonds is 5. The summed E-state index contributed by atoms with van der Waals surface area (Å²) in [6, 6.07) is 11.9. The molecule has 1 N–H and O–H groups in total. The van der Waals surface area contributed by atoms with Gasteiger partial charge >= 0.3 is 5.69 Å². The van der Waals surface area contributed by atoms with Crippen molar-refractivity contribution in [3.05, 3.63) is 58.6 Å². The third-order valence-electron chi connectivity index (χ3n) is 5.16. The van der Waals surface area contributed by atoms with Gasteiger partial charge in [-0.05, 0) is 37.8 Å². The van der Waals surface area contributed by atoms with Crippen LogP contribution in [-0.4, -0.2) is 37.7 Å². The molecule has 1 aliphatic heterocycles. The Morgan fingerprint density at radius 1 is 1.21 bits per heavy atom. The number of nitrogens with one attached hydrogen (secondary N) is 1. The van der Waals surface area contributed by atoms with Crippen LogP contribution in [0.2, 0.25) is 0 Å². The van der Waals surface area contributed by atoms with Crippen molar-refractivity contribution in [1.29, 1.82) is 0 Å². The number of hydrogen-bond donors (Lipinski definition) is 1. The Kier molecular flexibility index (Phi) is 5.10. The molecular weight excluding hydrogens is 356 g/mol. The number of hydrogen-bond acceptors (Lipinski definition) is 5. The zero-order valence-corrected chi connectivity index (χ0v) is 15.9. The highest BCUT2D eigenvalue weighted by molar-refractivity contribution is 5.75. The fraction of sp³-hybridized carbons (Fsp3) is 0.400. The normalized spacial score (nSPS) is 17.0. The molecule has 8 nitrogen and oxygen atoms in total. The monoisotopic (exact) mass is 380 g/mol. The Balaban J connectivity index is 1.49. The van der Waals surface area contributed by atoms with Gasteiger partial charge in [0.15, 0.2) is 0 Å². The minimum Gasteiger partial charge on any atom is -0.354 e. The molecule has 0 radical (unpaired) electrons. The minimum atomic E-state index is -0.365. The zero-order valence-electron chi connectivity index (χ0n) is 15.9. The molecule has 146 valence electrons. The van der Waals surface area contributed by atoms with Gasteiger partial charge in [-0.1, -0.05) is 30.3 Å². The van der Waals surface area contributed by atoms with Crippen LogP contribution in [0.1, 0.15) is 31.7 Å². The Bertz CT molecular complexity index is 1030. The van der Waals surface area contributed by atoms with E-state index in [1.54, 1.807) is 6.20 Å². The SMILES string of the molecule is CC1CCCCN1c1ccn2c(=O)n(CC(=O)NCc3ccccc3)nc2n1. The fourth-order valence-corrected chi connectivity index (χ4v) is 3.59. The van der Waals surface area contributed by atoms with E-state index in [0.29, 0.717) is 18.4 Å². The van der Waals surface area contributed by atoms with Crippen LogP contribution in [0.15, 0.2) is 47.4 Å². The summed E-state index contributed by atoms with van der Waals surface area (Å²) >= 11 is 0. The summed E-state index contributed by atoms with van der Waals surface area (Å²) < 4.78 is 2.54. The lowest BCUT2D eigenvalue weighted by Gasteiger charge is -2.34. The van der Waals surface area contributed by atoms with Gasteiger partial charge < -0.3 is 10.2 Å². The molecule has 1 aromatic carbocycles. The Morgan fingerprint density at radius 3 is 2.82 bits per heavy atom. The lowest BCUT2D eigenvalue weighted by molar-refractivity contribution is -0.122. The highest BCUT2D eigenvalue weighted by Gasteiger charge is 2.21. The molecular formula is C20H24N6O2. The molecule has 1 fully saturated rings. The standard InChI is InChI=1S/C20H24N6O2/c1-15-7-5-6-11-24(15)17-10-12-25-19(22-17)23-26(20(25)28)14-18(27)21-13-16-8-3-2-4-9-16/h2-4,8-10,12,15H,5-7,11,13-14H2,1H3,(H,21,27). The first-order valence-corrected chi connectivity index (χ1v) is 9.65. The molecule has 1 saturated heterocycles. The van der Waals surface area contributed by atoms with E-state index in [1.165, 1.54) is 10.8 Å². The maximum Gasteiger partial charge on any atom is 0.352 e. The molecule has 8 heteroatoms. The minimum absolute atomic E-state index is 0.134. The van der Waals surface area contributed by atoms with E-state index in [0.717, 1.165) is 35.4 Å². The quantitative estimate of drug-likeness (QED) is 0.727. The van der Waals surface area contributed by atoms with Crippen molar-refractivity contribution < 1.29 is 4.79 Å². The number of fused-ring (bicyclic) bond motifs is 1. The molecule has 1 unspecified atom stereocenters. The first-order chi connectivity index (χ1) is 13.6. The first-order valence-electron chi connectivity index (χ1n) is 9.65. The van der Waals surface area contributed by atoms with Gasteiger partial charge in [-0.3, -0.25) is 4.79 Å². The number of piperidine rings is 1. The van der Waals surface area contributed by atoms with Gasteiger partial charge in [0.25, 0.3) is 5.78 Å². The van der Waals surface area contributed by atoms with Crippen LogP contribution in [0.5, 0.6) is 0 Å². The predicted molar refractivity (Wildman–Crippen MR) is 106 cm³/mol. The van der Waals surface area contributed by atoms with E-state index in [-0.39, 0.29) is 18.1 Å². The van der Waals surface area contributed by atoms with E-state index < -0.39 is 0 Å². The van der Waals surface area contributed by atoms with Gasteiger partial charge in [0.1, 0.15) is 12.4 Å². The molecule has 2 aromatic heterocycles. The smallest absolute Gasteiger partial charge is 0.352 e. The zero-order chi connectivity index (χ0) is 19.5. The third-order valence-corrected chi connectivity index (χ3v) is 5.16. The van der Waals surface area contributed by atoms with Crippen LogP contribution in [0, 0.1) is 0 Å². The molecule has 0 spiro atoms. The molecule has 3 heterocycles. The van der Waals surface area contributed by atoms with Crippen LogP contribution in [0.4, 0.5) is 5.82 Å². The highest BCUT2D eigenvalue weighted by atomic mass is 16.2. The summed E-state index contributed by atoms with van der Waals surface area (Å²) in [6.45, 7) is 3.42. The second-order valence-electron chi connectivity index (χ2n) is 7.20. The van der Waals surface area contributed by atoms with Crippen LogP contribution < -0.4 is 15.9 Å². The van der Waals surface area contributed by atoms with Crippen LogP contribution in [0.3, 0.4) is 0 Å². The number of carbonyl (C=O) groups is 1. The van der Waals surface area contributed by atoms with Crippen molar-refractivity contribution in [3.63, 3.8) is 0 Å². The van der Waals surface area contributed by atoms with Gasteiger partial charge in [0.2, 0.25) is 5.91 Å². The van der Waals surface area contributed by atoms with E-state index in [4.69, 9.17) is 0 Å². The van der Waals surface area contributed by atoms with Crippen molar-refractivity contribution in [2.75, 3.05) is 11.4 Å². The Labute approximate surface area is 162 Å². The van der Waals surface area contributed by atoms with E-state index in [2.05, 4.69) is 27.2 Å². The maximum atomic E-state index is 12.5. The number of nitrogens with zero attached hydrogens (tertiary/aromatic N) is 5. The summed E-state index contributed by atoms with van der Waals surface area (Å²) in [4.78, 5) is 31.5. The van der Waals surface area contributed by atoms with Gasteiger partial charge in [-0.15, -0.1) is 5.10 Å². The second kappa shape index (κ2) is 7.84. The molecule has 1 atom stereocenters. The molecule has 3 aromatic rings. The summed E-state index contributed by atoms with van der Waals surface area (Å²) in [5.74, 6) is 0.876. The molecule has 0 bridgehead atoms. The van der Waals surface area contributed by atoms with E-state index in [9.17, 15) is 9.59 Å². The average molecular weight is 380 g/mol. The van der Waals surface area contributed by atoms with E-state index >= 15 is 0 Å². The van der Waals surface area contributed by atoms with E-state index in [1.807, 2.05) is 36.4 Å². The lowest BCUT2D eigenvalue weighted by atomic mass is 10.0. The number of benzene rings is 1. The number of carbonyl (C=O) groups excluding carboxylic acids is 1. The molecule has 1 aliphatic rings. The summed E-state index contributed by atoms with van der Waals surface area (Å²) in [5, 5.41) is 7.07. The Hall–Kier alpha value is -3.16. The predicted octanol–water partition coefficient (Wildman–Crippen LogP) is 1.59. The third kappa shape index (κ3) is 3.76. The summed E-state index contributed by atoms with van der Waals surface area (Å²) in [5.41, 5.74) is 0.635. The number of aromatic nitrogens is 4. The lowest BCUT2D eigenvalue weighted by Crippen LogP contribution is -2.38. The number of amides is 1. The first kappa shape index (κ1) is 18.2. The molecule has 28 heavy (non-hydrogen) atoms. The maximum absolute atomic E-state index is 12.5.